The van der Waals surface area contributed by atoms with E-state index in [-0.39, 0.29) is 31.1 Å². The number of carbonyl (C=O) groups excluding carboxylic acids is 3. The second kappa shape index (κ2) is 69.1. The molecule has 0 saturated heterocycles. The second-order valence-electron chi connectivity index (χ2n) is 24.5. The molecule has 0 aromatic rings. The van der Waals surface area contributed by atoms with Gasteiger partial charge in [-0.15, -0.1) is 0 Å². The summed E-state index contributed by atoms with van der Waals surface area (Å²) in [5, 5.41) is 0. The van der Waals surface area contributed by atoms with Crippen LogP contribution in [0.2, 0.25) is 0 Å². The Labute approximate surface area is 499 Å². The van der Waals surface area contributed by atoms with Gasteiger partial charge in [-0.2, -0.15) is 0 Å². The van der Waals surface area contributed by atoms with E-state index < -0.39 is 6.10 Å². The third-order valence-electron chi connectivity index (χ3n) is 16.4. The molecule has 0 rings (SSSR count). The van der Waals surface area contributed by atoms with E-state index in [1.807, 2.05) is 0 Å². The Morgan fingerprint density at radius 2 is 0.450 bits per heavy atom. The van der Waals surface area contributed by atoms with Crippen molar-refractivity contribution in [1.82, 2.24) is 0 Å². The molecule has 0 fully saturated rings. The monoisotopic (exact) mass is 1120 g/mol. The van der Waals surface area contributed by atoms with Gasteiger partial charge in [0.2, 0.25) is 0 Å². The molecule has 0 aliphatic rings. The van der Waals surface area contributed by atoms with Crippen LogP contribution in [0, 0.1) is 0 Å². The number of rotatable bonds is 67. The maximum Gasteiger partial charge on any atom is 0.306 e. The van der Waals surface area contributed by atoms with Crippen LogP contribution in [-0.4, -0.2) is 37.2 Å². The Bertz CT molecular complexity index is 1340. The minimum atomic E-state index is -0.777. The van der Waals surface area contributed by atoms with Crippen molar-refractivity contribution in [2.24, 2.45) is 0 Å². The SMILES string of the molecule is CCCCCCC/C=C\C/C=C\C/C=C\CCCCCCCCC(=O)OC(COC(=O)CCCCCCCCCCCCCCCCCCCC)COC(=O)CCCCCCCCCCCCCCCCCCCCCCCCC. The quantitative estimate of drug-likeness (QED) is 0.0261. The molecular formula is C74H138O6. The molecule has 0 amide bonds. The molecule has 0 aliphatic carbocycles. The minimum absolute atomic E-state index is 0.0716. The first-order chi connectivity index (χ1) is 39.5. The van der Waals surface area contributed by atoms with Crippen molar-refractivity contribution in [1.29, 1.82) is 0 Å². The van der Waals surface area contributed by atoms with Gasteiger partial charge in [0.15, 0.2) is 6.10 Å². The van der Waals surface area contributed by atoms with Gasteiger partial charge in [-0.3, -0.25) is 14.4 Å². The Kier molecular flexibility index (Phi) is 67.1. The van der Waals surface area contributed by atoms with Crippen LogP contribution in [0.3, 0.4) is 0 Å². The van der Waals surface area contributed by atoms with Crippen molar-refractivity contribution >= 4 is 17.9 Å². The zero-order valence-corrected chi connectivity index (χ0v) is 54.1. The molecule has 0 heterocycles. The van der Waals surface area contributed by atoms with Crippen LogP contribution in [0.1, 0.15) is 400 Å². The van der Waals surface area contributed by atoms with Gasteiger partial charge in [-0.05, 0) is 57.8 Å². The molecule has 0 spiro atoms. The average molecular weight is 1120 g/mol. The highest BCUT2D eigenvalue weighted by molar-refractivity contribution is 5.71. The van der Waals surface area contributed by atoms with E-state index in [0.717, 1.165) is 77.0 Å². The Morgan fingerprint density at radius 1 is 0.250 bits per heavy atom. The summed E-state index contributed by atoms with van der Waals surface area (Å²) < 4.78 is 17.0. The topological polar surface area (TPSA) is 78.9 Å². The maximum atomic E-state index is 13.0. The number of esters is 3. The van der Waals surface area contributed by atoms with E-state index >= 15 is 0 Å². The third kappa shape index (κ3) is 66.4. The van der Waals surface area contributed by atoms with Gasteiger partial charge >= 0.3 is 17.9 Å². The lowest BCUT2D eigenvalue weighted by Crippen LogP contribution is -2.30. The van der Waals surface area contributed by atoms with Crippen LogP contribution in [0.5, 0.6) is 0 Å². The fourth-order valence-electron chi connectivity index (χ4n) is 11.0. The zero-order chi connectivity index (χ0) is 57.8. The smallest absolute Gasteiger partial charge is 0.306 e. The van der Waals surface area contributed by atoms with Crippen LogP contribution in [0.4, 0.5) is 0 Å². The summed E-state index contributed by atoms with van der Waals surface area (Å²) in [6.45, 7) is 6.71. The lowest BCUT2D eigenvalue weighted by molar-refractivity contribution is -0.167. The molecule has 6 heteroatoms. The van der Waals surface area contributed by atoms with Crippen LogP contribution in [-0.2, 0) is 28.6 Å². The van der Waals surface area contributed by atoms with Crippen LogP contribution >= 0.6 is 0 Å². The van der Waals surface area contributed by atoms with Gasteiger partial charge < -0.3 is 14.2 Å². The lowest BCUT2D eigenvalue weighted by Gasteiger charge is -2.18. The number of carbonyl (C=O) groups is 3. The Balaban J connectivity index is 4.32. The summed E-state index contributed by atoms with van der Waals surface area (Å²) in [7, 11) is 0. The maximum absolute atomic E-state index is 13.0. The summed E-state index contributed by atoms with van der Waals surface area (Å²) in [5.74, 6) is -0.851. The fourth-order valence-corrected chi connectivity index (χ4v) is 11.0. The van der Waals surface area contributed by atoms with Gasteiger partial charge in [0.1, 0.15) is 13.2 Å². The molecule has 0 aromatic carbocycles. The van der Waals surface area contributed by atoms with Crippen molar-refractivity contribution in [3.8, 4) is 0 Å². The summed E-state index contributed by atoms with van der Waals surface area (Å²) in [6, 6.07) is 0. The predicted octanol–water partition coefficient (Wildman–Crippen LogP) is 24.7. The number of allylic oxidation sites excluding steroid dienone is 6. The van der Waals surface area contributed by atoms with Crippen molar-refractivity contribution in [3.05, 3.63) is 36.5 Å². The number of ether oxygens (including phenoxy) is 3. The molecular weight excluding hydrogens is 985 g/mol. The third-order valence-corrected chi connectivity index (χ3v) is 16.4. The Hall–Kier alpha value is -2.37. The zero-order valence-electron chi connectivity index (χ0n) is 54.1. The lowest BCUT2D eigenvalue weighted by atomic mass is 10.0. The first-order valence-electron chi connectivity index (χ1n) is 36.0. The summed E-state index contributed by atoms with van der Waals surface area (Å²) in [4.78, 5) is 38.5. The van der Waals surface area contributed by atoms with Gasteiger partial charge in [-0.25, -0.2) is 0 Å². The van der Waals surface area contributed by atoms with E-state index in [1.165, 1.54) is 283 Å². The molecule has 0 N–H and O–H groups in total. The van der Waals surface area contributed by atoms with Crippen molar-refractivity contribution in [2.75, 3.05) is 13.2 Å². The first-order valence-corrected chi connectivity index (χ1v) is 36.0. The standard InChI is InChI=1S/C74H138O6/c1-4-7-10-13-16-19-22-25-28-31-34-36-37-39-40-43-46-49-52-55-58-61-64-67-73(76)79-70-71(69-78-72(75)66-63-60-57-54-51-48-45-42-33-30-27-24-21-18-15-12-9-6-3)80-74(77)68-65-62-59-56-53-50-47-44-41-38-35-32-29-26-23-20-17-14-11-8-5-2/h23,26,32,35,41,44,71H,4-22,24-25,27-31,33-34,36-40,42-43,45-70H2,1-3H3/b26-23-,35-32-,44-41-. The fraction of sp³-hybridized carbons (Fsp3) is 0.878. The number of unbranched alkanes of at least 4 members (excludes halogenated alkanes) is 50. The van der Waals surface area contributed by atoms with E-state index in [0.29, 0.717) is 19.3 Å². The summed E-state index contributed by atoms with van der Waals surface area (Å²) >= 11 is 0. The van der Waals surface area contributed by atoms with E-state index in [1.54, 1.807) is 0 Å². The first kappa shape index (κ1) is 77.6. The molecule has 1 atom stereocenters. The molecule has 80 heavy (non-hydrogen) atoms. The highest BCUT2D eigenvalue weighted by Gasteiger charge is 2.19. The van der Waals surface area contributed by atoms with Crippen LogP contribution in [0.15, 0.2) is 36.5 Å². The van der Waals surface area contributed by atoms with Crippen LogP contribution < -0.4 is 0 Å². The number of hydrogen-bond donors (Lipinski definition) is 0. The Morgan fingerprint density at radius 3 is 0.700 bits per heavy atom. The number of hydrogen-bond acceptors (Lipinski definition) is 6. The van der Waals surface area contributed by atoms with Gasteiger partial charge in [0.25, 0.3) is 0 Å². The van der Waals surface area contributed by atoms with Gasteiger partial charge in [0.05, 0.1) is 0 Å². The van der Waals surface area contributed by atoms with E-state index in [2.05, 4.69) is 57.2 Å². The summed E-state index contributed by atoms with van der Waals surface area (Å²) in [5.41, 5.74) is 0. The minimum Gasteiger partial charge on any atom is -0.462 e. The van der Waals surface area contributed by atoms with Crippen molar-refractivity contribution in [2.45, 2.75) is 406 Å². The molecule has 0 bridgehead atoms. The largest absolute Gasteiger partial charge is 0.462 e. The average Bonchev–Trinajstić information content (AvgIpc) is 3.46. The molecule has 1 unspecified atom stereocenters. The molecule has 0 aromatic heterocycles. The van der Waals surface area contributed by atoms with Gasteiger partial charge in [-0.1, -0.05) is 359 Å². The molecule has 0 radical (unpaired) electrons. The molecule has 0 saturated carbocycles. The molecule has 6 nitrogen and oxygen atoms in total. The normalized spacial score (nSPS) is 12.2. The summed E-state index contributed by atoms with van der Waals surface area (Å²) in [6.07, 6.45) is 86.0. The van der Waals surface area contributed by atoms with E-state index in [9.17, 15) is 14.4 Å². The second-order valence-corrected chi connectivity index (χ2v) is 24.5. The molecule has 0 aliphatic heterocycles. The molecule has 470 valence electrons. The predicted molar refractivity (Wildman–Crippen MR) is 349 cm³/mol. The van der Waals surface area contributed by atoms with Crippen LogP contribution in [0.25, 0.3) is 0 Å². The van der Waals surface area contributed by atoms with E-state index in [4.69, 9.17) is 14.2 Å². The van der Waals surface area contributed by atoms with Gasteiger partial charge in [0, 0.05) is 19.3 Å². The van der Waals surface area contributed by atoms with Crippen molar-refractivity contribution < 1.29 is 28.6 Å². The highest BCUT2D eigenvalue weighted by atomic mass is 16.6. The van der Waals surface area contributed by atoms with Crippen molar-refractivity contribution in [3.63, 3.8) is 0 Å². The highest BCUT2D eigenvalue weighted by Crippen LogP contribution is 2.19.